The van der Waals surface area contributed by atoms with Crippen LogP contribution in [0.1, 0.15) is 52.4 Å². The number of rotatable bonds is 7. The molecule has 0 aromatic heterocycles. The van der Waals surface area contributed by atoms with Gasteiger partial charge < -0.3 is 10.2 Å². The molecule has 1 N–H and O–H groups in total. The number of unbranched alkanes of at least 4 members (excludes halogenated alkanes) is 1. The number of nitrogens with zero attached hydrogens (tertiary/aromatic N) is 1. The molecule has 0 spiro atoms. The minimum Gasteiger partial charge on any atom is -0.381 e. The molecule has 1 amide bonds. The number of benzene rings is 1. The highest BCUT2D eigenvalue weighted by molar-refractivity contribution is 5.98. The Morgan fingerprint density at radius 3 is 2.75 bits per heavy atom. The first-order valence-electron chi connectivity index (χ1n) is 7.92. The van der Waals surface area contributed by atoms with Crippen LogP contribution in [0, 0.1) is 0 Å². The number of hydrogen-bond acceptors (Lipinski definition) is 2. The second-order valence-electron chi connectivity index (χ2n) is 5.56. The quantitative estimate of drug-likeness (QED) is 0.808. The lowest BCUT2D eigenvalue weighted by Crippen LogP contribution is -2.26. The summed E-state index contributed by atoms with van der Waals surface area (Å²) in [4.78, 5) is 13.9. The zero-order valence-corrected chi connectivity index (χ0v) is 12.7. The second-order valence-corrected chi connectivity index (χ2v) is 5.56. The van der Waals surface area contributed by atoms with E-state index in [9.17, 15) is 4.79 Å². The van der Waals surface area contributed by atoms with Gasteiger partial charge in [-0.25, -0.2) is 0 Å². The Hall–Kier alpha value is -1.51. The molecule has 3 heteroatoms. The van der Waals surface area contributed by atoms with Crippen LogP contribution in [-0.2, 0) is 4.79 Å². The molecule has 0 radical (unpaired) electrons. The van der Waals surface area contributed by atoms with E-state index in [2.05, 4.69) is 31.3 Å². The van der Waals surface area contributed by atoms with Crippen molar-refractivity contribution in [3.8, 4) is 0 Å². The van der Waals surface area contributed by atoms with E-state index in [1.807, 2.05) is 17.0 Å². The number of carbonyl (C=O) groups excluding carboxylic acids is 1. The highest BCUT2D eigenvalue weighted by atomic mass is 16.2. The van der Waals surface area contributed by atoms with E-state index in [0.717, 1.165) is 30.8 Å². The van der Waals surface area contributed by atoms with Gasteiger partial charge in [-0.2, -0.15) is 0 Å². The first-order chi connectivity index (χ1) is 9.76. The molecule has 20 heavy (non-hydrogen) atoms. The lowest BCUT2D eigenvalue weighted by atomic mass is 10.1. The number of amides is 1. The van der Waals surface area contributed by atoms with Crippen molar-refractivity contribution in [3.05, 3.63) is 24.3 Å². The van der Waals surface area contributed by atoms with E-state index in [1.165, 1.54) is 19.3 Å². The summed E-state index contributed by atoms with van der Waals surface area (Å²) >= 11 is 0. The van der Waals surface area contributed by atoms with E-state index in [1.54, 1.807) is 0 Å². The van der Waals surface area contributed by atoms with E-state index in [-0.39, 0.29) is 5.91 Å². The van der Waals surface area contributed by atoms with Gasteiger partial charge in [0.1, 0.15) is 0 Å². The van der Waals surface area contributed by atoms with Crippen LogP contribution in [0.2, 0.25) is 0 Å². The second kappa shape index (κ2) is 7.32. The summed E-state index contributed by atoms with van der Waals surface area (Å²) in [5.74, 6) is 0.251. The Balaban J connectivity index is 2.12. The van der Waals surface area contributed by atoms with Crippen molar-refractivity contribution in [2.24, 2.45) is 0 Å². The van der Waals surface area contributed by atoms with Gasteiger partial charge in [0.05, 0.1) is 11.4 Å². The van der Waals surface area contributed by atoms with Crippen molar-refractivity contribution in [2.45, 2.75) is 58.4 Å². The van der Waals surface area contributed by atoms with Gasteiger partial charge in [-0.05, 0) is 31.4 Å². The average molecular weight is 274 g/mol. The van der Waals surface area contributed by atoms with Crippen LogP contribution in [-0.4, -0.2) is 18.5 Å². The van der Waals surface area contributed by atoms with Crippen molar-refractivity contribution in [1.29, 1.82) is 0 Å². The molecule has 0 saturated carbocycles. The molecule has 1 atom stereocenters. The van der Waals surface area contributed by atoms with E-state index in [0.29, 0.717) is 12.5 Å². The molecule has 1 aromatic rings. The summed E-state index contributed by atoms with van der Waals surface area (Å²) in [6.45, 7) is 5.30. The third-order valence-corrected chi connectivity index (χ3v) is 4.03. The van der Waals surface area contributed by atoms with E-state index in [4.69, 9.17) is 0 Å². The molecular weight excluding hydrogens is 248 g/mol. The summed E-state index contributed by atoms with van der Waals surface area (Å²) in [6, 6.07) is 8.69. The van der Waals surface area contributed by atoms with Crippen LogP contribution in [0.15, 0.2) is 24.3 Å². The highest BCUT2D eigenvalue weighted by Gasteiger charge is 2.24. The summed E-state index contributed by atoms with van der Waals surface area (Å²) in [5, 5.41) is 3.64. The Kier molecular flexibility index (Phi) is 5.45. The van der Waals surface area contributed by atoms with E-state index < -0.39 is 0 Å². The normalized spacial score (nSPS) is 16.5. The minimum absolute atomic E-state index is 0.251. The van der Waals surface area contributed by atoms with Gasteiger partial charge >= 0.3 is 0 Å². The molecule has 3 nitrogen and oxygen atoms in total. The molecule has 1 fully saturated rings. The number of carbonyl (C=O) groups is 1. The van der Waals surface area contributed by atoms with Crippen LogP contribution in [0.3, 0.4) is 0 Å². The topological polar surface area (TPSA) is 32.3 Å². The Morgan fingerprint density at radius 1 is 1.30 bits per heavy atom. The average Bonchev–Trinajstić information content (AvgIpc) is 2.90. The lowest BCUT2D eigenvalue weighted by Gasteiger charge is -2.24. The molecule has 110 valence electrons. The molecule has 1 unspecified atom stereocenters. The van der Waals surface area contributed by atoms with Gasteiger partial charge in [-0.15, -0.1) is 0 Å². The number of para-hydroxylation sites is 2. The number of nitrogens with one attached hydrogen (secondary N) is 1. The zero-order valence-electron chi connectivity index (χ0n) is 12.7. The standard InChI is InChI=1S/C17H26N2O/c1-3-5-9-14(4-2)18-15-10-6-7-11-16(15)19-13-8-12-17(19)20/h6-7,10-11,14,18H,3-5,8-9,12-13H2,1-2H3. The van der Waals surface area contributed by atoms with Crippen LogP contribution in [0.4, 0.5) is 11.4 Å². The molecule has 0 bridgehead atoms. The fourth-order valence-electron chi connectivity index (χ4n) is 2.78. The predicted octanol–water partition coefficient (Wildman–Crippen LogP) is 4.19. The van der Waals surface area contributed by atoms with Crippen molar-refractivity contribution in [3.63, 3.8) is 0 Å². The maximum atomic E-state index is 12.0. The summed E-state index contributed by atoms with van der Waals surface area (Å²) in [7, 11) is 0. The van der Waals surface area contributed by atoms with Gasteiger partial charge in [0.25, 0.3) is 0 Å². The van der Waals surface area contributed by atoms with Crippen LogP contribution in [0.25, 0.3) is 0 Å². The molecular formula is C17H26N2O. The molecule has 1 heterocycles. The van der Waals surface area contributed by atoms with Crippen molar-refractivity contribution >= 4 is 17.3 Å². The van der Waals surface area contributed by atoms with Crippen molar-refractivity contribution in [2.75, 3.05) is 16.8 Å². The Morgan fingerprint density at radius 2 is 2.10 bits per heavy atom. The zero-order chi connectivity index (χ0) is 14.4. The lowest BCUT2D eigenvalue weighted by molar-refractivity contribution is -0.117. The Labute approximate surface area is 122 Å². The third-order valence-electron chi connectivity index (χ3n) is 4.03. The fraction of sp³-hybridized carbons (Fsp3) is 0.588. The first-order valence-corrected chi connectivity index (χ1v) is 7.92. The van der Waals surface area contributed by atoms with Crippen LogP contribution < -0.4 is 10.2 Å². The largest absolute Gasteiger partial charge is 0.381 e. The maximum Gasteiger partial charge on any atom is 0.227 e. The SMILES string of the molecule is CCCCC(CC)Nc1ccccc1N1CCCC1=O. The molecule has 0 aliphatic carbocycles. The fourth-order valence-corrected chi connectivity index (χ4v) is 2.78. The molecule has 1 aliphatic rings. The number of anilines is 2. The Bertz CT molecular complexity index is 444. The predicted molar refractivity (Wildman–Crippen MR) is 85.3 cm³/mol. The van der Waals surface area contributed by atoms with Gasteiger partial charge in [-0.3, -0.25) is 4.79 Å². The molecule has 2 rings (SSSR count). The first kappa shape index (κ1) is 14.9. The smallest absolute Gasteiger partial charge is 0.227 e. The van der Waals surface area contributed by atoms with Crippen molar-refractivity contribution < 1.29 is 4.79 Å². The van der Waals surface area contributed by atoms with Gasteiger partial charge in [0.2, 0.25) is 5.91 Å². The molecule has 1 aromatic carbocycles. The third kappa shape index (κ3) is 3.53. The van der Waals surface area contributed by atoms with Gasteiger partial charge in [0.15, 0.2) is 0 Å². The molecule has 1 aliphatic heterocycles. The maximum absolute atomic E-state index is 12.0. The minimum atomic E-state index is 0.251. The van der Waals surface area contributed by atoms with Crippen LogP contribution in [0.5, 0.6) is 0 Å². The summed E-state index contributed by atoms with van der Waals surface area (Å²) in [6.07, 6.45) is 6.43. The summed E-state index contributed by atoms with van der Waals surface area (Å²) in [5.41, 5.74) is 2.15. The van der Waals surface area contributed by atoms with Gasteiger partial charge in [0, 0.05) is 19.0 Å². The monoisotopic (exact) mass is 274 g/mol. The van der Waals surface area contributed by atoms with Crippen LogP contribution >= 0.6 is 0 Å². The van der Waals surface area contributed by atoms with Crippen molar-refractivity contribution in [1.82, 2.24) is 0 Å². The molecule has 1 saturated heterocycles. The highest BCUT2D eigenvalue weighted by Crippen LogP contribution is 2.30. The van der Waals surface area contributed by atoms with Gasteiger partial charge in [-0.1, -0.05) is 38.8 Å². The van der Waals surface area contributed by atoms with E-state index >= 15 is 0 Å². The summed E-state index contributed by atoms with van der Waals surface area (Å²) < 4.78 is 0. The number of hydrogen-bond donors (Lipinski definition) is 1.